The Morgan fingerprint density at radius 2 is 1.90 bits per heavy atom. The fourth-order valence-electron chi connectivity index (χ4n) is 2.16. The van der Waals surface area contributed by atoms with Gasteiger partial charge in [-0.05, 0) is 38.0 Å². The average molecular weight is 294 g/mol. The molecule has 0 atom stereocenters. The van der Waals surface area contributed by atoms with Gasteiger partial charge < -0.3 is 20.5 Å². The molecule has 118 valence electrons. The van der Waals surface area contributed by atoms with Crippen molar-refractivity contribution in [2.75, 3.05) is 20.3 Å². The molecule has 0 aliphatic heterocycles. The number of amides is 1. The lowest BCUT2D eigenvalue weighted by atomic mass is 9.92. The molecular weight excluding hydrogens is 268 g/mol. The van der Waals surface area contributed by atoms with Crippen molar-refractivity contribution in [2.24, 2.45) is 5.73 Å². The first-order valence-corrected chi connectivity index (χ1v) is 7.39. The Bertz CT molecular complexity index is 462. The van der Waals surface area contributed by atoms with Crippen LogP contribution in [0.5, 0.6) is 11.5 Å². The zero-order chi connectivity index (χ0) is 15.9. The van der Waals surface area contributed by atoms with Gasteiger partial charge in [-0.25, -0.2) is 0 Å². The average Bonchev–Trinajstić information content (AvgIpc) is 2.53. The van der Waals surface area contributed by atoms with E-state index < -0.39 is 0 Å². The van der Waals surface area contributed by atoms with Crippen molar-refractivity contribution in [3.63, 3.8) is 0 Å². The number of nitrogens with one attached hydrogen (secondary N) is 1. The van der Waals surface area contributed by atoms with E-state index >= 15 is 0 Å². The number of carbonyl (C=O) groups excluding carboxylic acids is 1. The molecule has 1 rings (SSSR count). The number of hydrogen-bond donors (Lipinski definition) is 2. The molecule has 0 radical (unpaired) electrons. The smallest absolute Gasteiger partial charge is 0.251 e. The van der Waals surface area contributed by atoms with Gasteiger partial charge in [0.05, 0.1) is 19.3 Å². The highest BCUT2D eigenvalue weighted by Crippen LogP contribution is 2.28. The minimum Gasteiger partial charge on any atom is -0.493 e. The van der Waals surface area contributed by atoms with Gasteiger partial charge in [0.15, 0.2) is 11.5 Å². The van der Waals surface area contributed by atoms with E-state index in [0.29, 0.717) is 30.2 Å². The topological polar surface area (TPSA) is 73.6 Å². The summed E-state index contributed by atoms with van der Waals surface area (Å²) in [7, 11) is 1.56. The lowest BCUT2D eigenvalue weighted by Gasteiger charge is -2.31. The van der Waals surface area contributed by atoms with E-state index in [2.05, 4.69) is 5.32 Å². The first-order valence-electron chi connectivity index (χ1n) is 7.39. The van der Waals surface area contributed by atoms with Gasteiger partial charge >= 0.3 is 0 Å². The molecule has 0 spiro atoms. The van der Waals surface area contributed by atoms with Gasteiger partial charge in [0, 0.05) is 12.1 Å². The van der Waals surface area contributed by atoms with Crippen molar-refractivity contribution < 1.29 is 14.3 Å². The van der Waals surface area contributed by atoms with E-state index in [1.165, 1.54) is 0 Å². The highest BCUT2D eigenvalue weighted by molar-refractivity contribution is 5.95. The zero-order valence-electron chi connectivity index (χ0n) is 13.4. The van der Waals surface area contributed by atoms with E-state index in [0.717, 1.165) is 12.8 Å². The van der Waals surface area contributed by atoms with Gasteiger partial charge in [-0.15, -0.1) is 0 Å². The molecule has 0 aliphatic rings. The number of rotatable bonds is 8. The Balaban J connectivity index is 2.97. The minimum absolute atomic E-state index is 0.148. The van der Waals surface area contributed by atoms with Crippen molar-refractivity contribution in [3.8, 4) is 11.5 Å². The SMILES string of the molecule is CCOc1ccc(C(=O)NC(CC)(CC)CN)cc1OC. The standard InChI is InChI=1S/C16H26N2O3/c1-5-16(6-2,11-17)18-15(19)12-8-9-13(21-7-3)14(10-12)20-4/h8-10H,5-7,11,17H2,1-4H3,(H,18,19). The molecule has 0 aromatic heterocycles. The molecule has 5 nitrogen and oxygen atoms in total. The van der Waals surface area contributed by atoms with Crippen LogP contribution >= 0.6 is 0 Å². The van der Waals surface area contributed by atoms with E-state index in [4.69, 9.17) is 15.2 Å². The molecule has 0 saturated carbocycles. The van der Waals surface area contributed by atoms with Crippen LogP contribution in [0.4, 0.5) is 0 Å². The van der Waals surface area contributed by atoms with Crippen molar-refractivity contribution in [2.45, 2.75) is 39.2 Å². The minimum atomic E-state index is -0.358. The molecule has 0 heterocycles. The van der Waals surface area contributed by atoms with Crippen LogP contribution in [0.25, 0.3) is 0 Å². The van der Waals surface area contributed by atoms with Gasteiger partial charge in [-0.2, -0.15) is 0 Å². The number of nitrogens with two attached hydrogens (primary N) is 1. The van der Waals surface area contributed by atoms with E-state index in [-0.39, 0.29) is 11.4 Å². The highest BCUT2D eigenvalue weighted by Gasteiger charge is 2.27. The van der Waals surface area contributed by atoms with Crippen LogP contribution in [0.2, 0.25) is 0 Å². The molecule has 1 aromatic rings. The van der Waals surface area contributed by atoms with Gasteiger partial charge in [-0.3, -0.25) is 4.79 Å². The Kier molecular flexibility index (Phi) is 6.49. The Morgan fingerprint density at radius 1 is 1.24 bits per heavy atom. The van der Waals surface area contributed by atoms with Crippen molar-refractivity contribution >= 4 is 5.91 Å². The predicted molar refractivity (Wildman–Crippen MR) is 84.0 cm³/mol. The zero-order valence-corrected chi connectivity index (χ0v) is 13.4. The third-order valence-electron chi connectivity index (χ3n) is 3.85. The highest BCUT2D eigenvalue weighted by atomic mass is 16.5. The molecule has 0 fully saturated rings. The maximum absolute atomic E-state index is 12.4. The Hall–Kier alpha value is -1.75. The molecular formula is C16H26N2O3. The first kappa shape index (κ1) is 17.3. The van der Waals surface area contributed by atoms with Crippen LogP contribution in [0, 0.1) is 0 Å². The van der Waals surface area contributed by atoms with Crippen molar-refractivity contribution in [3.05, 3.63) is 23.8 Å². The molecule has 21 heavy (non-hydrogen) atoms. The predicted octanol–water partition coefficient (Wildman–Crippen LogP) is 2.34. The summed E-state index contributed by atoms with van der Waals surface area (Å²) in [5.41, 5.74) is 5.99. The van der Waals surface area contributed by atoms with Crippen molar-refractivity contribution in [1.29, 1.82) is 0 Å². The normalized spacial score (nSPS) is 11.1. The van der Waals surface area contributed by atoms with Gasteiger partial charge in [0.2, 0.25) is 0 Å². The fraction of sp³-hybridized carbons (Fsp3) is 0.562. The third kappa shape index (κ3) is 4.11. The van der Waals surface area contributed by atoms with Crippen LogP contribution in [-0.4, -0.2) is 31.7 Å². The number of methoxy groups -OCH3 is 1. The fourth-order valence-corrected chi connectivity index (χ4v) is 2.16. The van der Waals surface area contributed by atoms with Crippen molar-refractivity contribution in [1.82, 2.24) is 5.32 Å². The van der Waals surface area contributed by atoms with Crippen LogP contribution < -0.4 is 20.5 Å². The second-order valence-corrected chi connectivity index (χ2v) is 4.94. The third-order valence-corrected chi connectivity index (χ3v) is 3.85. The summed E-state index contributed by atoms with van der Waals surface area (Å²) >= 11 is 0. The van der Waals surface area contributed by atoms with Crippen LogP contribution in [0.15, 0.2) is 18.2 Å². The molecule has 5 heteroatoms. The largest absolute Gasteiger partial charge is 0.493 e. The van der Waals surface area contributed by atoms with E-state index in [1.807, 2.05) is 20.8 Å². The lowest BCUT2D eigenvalue weighted by Crippen LogP contribution is -2.52. The van der Waals surface area contributed by atoms with Gasteiger partial charge in [0.1, 0.15) is 0 Å². The summed E-state index contributed by atoms with van der Waals surface area (Å²) in [6.45, 7) is 6.91. The summed E-state index contributed by atoms with van der Waals surface area (Å²) in [4.78, 5) is 12.4. The maximum atomic E-state index is 12.4. The van der Waals surface area contributed by atoms with E-state index in [9.17, 15) is 4.79 Å². The maximum Gasteiger partial charge on any atom is 0.251 e. The molecule has 0 unspecified atom stereocenters. The summed E-state index contributed by atoms with van der Waals surface area (Å²) in [6.07, 6.45) is 1.58. The number of benzene rings is 1. The summed E-state index contributed by atoms with van der Waals surface area (Å²) < 4.78 is 10.7. The second kappa shape index (κ2) is 7.88. The van der Waals surface area contributed by atoms with Gasteiger partial charge in [0.25, 0.3) is 5.91 Å². The summed E-state index contributed by atoms with van der Waals surface area (Å²) in [6, 6.07) is 5.17. The molecule has 0 bridgehead atoms. The van der Waals surface area contributed by atoms with E-state index in [1.54, 1.807) is 25.3 Å². The Morgan fingerprint density at radius 3 is 2.38 bits per heavy atom. The monoisotopic (exact) mass is 294 g/mol. The molecule has 0 saturated heterocycles. The first-order chi connectivity index (χ1) is 10.1. The lowest BCUT2D eigenvalue weighted by molar-refractivity contribution is 0.0895. The second-order valence-electron chi connectivity index (χ2n) is 4.94. The number of ether oxygens (including phenoxy) is 2. The molecule has 0 aliphatic carbocycles. The quantitative estimate of drug-likeness (QED) is 0.772. The van der Waals surface area contributed by atoms with Gasteiger partial charge in [-0.1, -0.05) is 13.8 Å². The molecule has 1 amide bonds. The Labute approximate surface area is 126 Å². The number of hydrogen-bond acceptors (Lipinski definition) is 4. The summed E-state index contributed by atoms with van der Waals surface area (Å²) in [5, 5.41) is 3.04. The molecule has 1 aromatic carbocycles. The van der Waals surface area contributed by atoms with Crippen LogP contribution in [-0.2, 0) is 0 Å². The van der Waals surface area contributed by atoms with Crippen LogP contribution in [0.1, 0.15) is 44.0 Å². The molecule has 3 N–H and O–H groups in total. The number of carbonyl (C=O) groups is 1. The summed E-state index contributed by atoms with van der Waals surface area (Å²) in [5.74, 6) is 1.04. The van der Waals surface area contributed by atoms with Crippen LogP contribution in [0.3, 0.4) is 0 Å².